The average molecular weight is 380 g/mol. The van der Waals surface area contributed by atoms with Crippen LogP contribution < -0.4 is 10.1 Å². The third-order valence-electron chi connectivity index (χ3n) is 5.47. The molecule has 0 aromatic heterocycles. The molecule has 0 radical (unpaired) electrons. The number of benzene rings is 2. The standard InChI is InChI=1S/C20H20Cl2FNO/c21-17-5-2-6-19(20(17)22)25-11-16-15(10-14-7-8-18(16)24-14)12-3-1-4-13(23)9-12/h1-6,9,14-16,18,24H,7-8,10-11H2/t14?,15-,16-,18?/m0/s1. The van der Waals surface area contributed by atoms with E-state index in [4.69, 9.17) is 27.9 Å². The lowest BCUT2D eigenvalue weighted by atomic mass is 9.77. The Balaban J connectivity index is 1.57. The van der Waals surface area contributed by atoms with Gasteiger partial charge in [0.2, 0.25) is 0 Å². The fourth-order valence-corrected chi connectivity index (χ4v) is 4.62. The fraction of sp³-hybridized carbons (Fsp3) is 0.400. The average Bonchev–Trinajstić information content (AvgIpc) is 2.99. The summed E-state index contributed by atoms with van der Waals surface area (Å²) in [7, 11) is 0. The first kappa shape index (κ1) is 17.1. The van der Waals surface area contributed by atoms with Crippen molar-refractivity contribution in [3.63, 3.8) is 0 Å². The summed E-state index contributed by atoms with van der Waals surface area (Å²) >= 11 is 12.3. The molecule has 2 saturated heterocycles. The van der Waals surface area contributed by atoms with Gasteiger partial charge in [0.1, 0.15) is 16.6 Å². The van der Waals surface area contributed by atoms with Crippen molar-refractivity contribution < 1.29 is 9.13 Å². The molecule has 4 atom stereocenters. The van der Waals surface area contributed by atoms with Gasteiger partial charge in [-0.3, -0.25) is 0 Å². The number of rotatable bonds is 4. The van der Waals surface area contributed by atoms with E-state index in [9.17, 15) is 4.39 Å². The molecule has 4 rings (SSSR count). The minimum absolute atomic E-state index is 0.180. The van der Waals surface area contributed by atoms with Crippen molar-refractivity contribution in [3.05, 3.63) is 63.9 Å². The first-order valence-corrected chi connectivity index (χ1v) is 9.45. The smallest absolute Gasteiger partial charge is 0.139 e. The van der Waals surface area contributed by atoms with Gasteiger partial charge in [0.25, 0.3) is 0 Å². The Labute approximate surface area is 157 Å². The number of hydrogen-bond donors (Lipinski definition) is 1. The molecule has 2 unspecified atom stereocenters. The van der Waals surface area contributed by atoms with E-state index in [-0.39, 0.29) is 17.7 Å². The molecule has 2 nitrogen and oxygen atoms in total. The van der Waals surface area contributed by atoms with Crippen molar-refractivity contribution in [2.24, 2.45) is 5.92 Å². The highest BCUT2D eigenvalue weighted by molar-refractivity contribution is 6.42. The minimum atomic E-state index is -0.180. The van der Waals surface area contributed by atoms with Crippen molar-refractivity contribution in [2.75, 3.05) is 6.61 Å². The summed E-state index contributed by atoms with van der Waals surface area (Å²) < 4.78 is 19.8. The molecule has 5 heteroatoms. The van der Waals surface area contributed by atoms with Gasteiger partial charge < -0.3 is 10.1 Å². The zero-order chi connectivity index (χ0) is 17.4. The molecule has 2 bridgehead atoms. The fourth-order valence-electron chi connectivity index (χ4n) is 4.27. The Kier molecular flexibility index (Phi) is 4.90. The summed E-state index contributed by atoms with van der Waals surface area (Å²) in [6, 6.07) is 13.3. The summed E-state index contributed by atoms with van der Waals surface area (Å²) in [6.07, 6.45) is 3.32. The van der Waals surface area contributed by atoms with Crippen LogP contribution in [0.25, 0.3) is 0 Å². The third-order valence-corrected chi connectivity index (χ3v) is 6.27. The molecule has 2 aromatic rings. The molecule has 1 N–H and O–H groups in total. The molecule has 0 aliphatic carbocycles. The third kappa shape index (κ3) is 3.51. The Morgan fingerprint density at radius 3 is 2.80 bits per heavy atom. The van der Waals surface area contributed by atoms with Gasteiger partial charge in [-0.15, -0.1) is 0 Å². The van der Waals surface area contributed by atoms with E-state index < -0.39 is 0 Å². The van der Waals surface area contributed by atoms with Crippen LogP contribution in [0.5, 0.6) is 5.75 Å². The molecule has 2 aliphatic heterocycles. The molecule has 2 fully saturated rings. The van der Waals surface area contributed by atoms with Crippen LogP contribution in [0, 0.1) is 11.7 Å². The molecule has 0 spiro atoms. The number of fused-ring (bicyclic) bond motifs is 2. The first-order valence-electron chi connectivity index (χ1n) is 8.70. The summed E-state index contributed by atoms with van der Waals surface area (Å²) in [5.41, 5.74) is 1.06. The van der Waals surface area contributed by atoms with Crippen molar-refractivity contribution >= 4 is 23.2 Å². The zero-order valence-electron chi connectivity index (χ0n) is 13.7. The molecular weight excluding hydrogens is 360 g/mol. The van der Waals surface area contributed by atoms with Gasteiger partial charge in [-0.25, -0.2) is 4.39 Å². The van der Waals surface area contributed by atoms with Gasteiger partial charge in [-0.05, 0) is 55.0 Å². The lowest BCUT2D eigenvalue weighted by Crippen LogP contribution is -2.46. The summed E-state index contributed by atoms with van der Waals surface area (Å²) in [5.74, 6) is 0.983. The van der Waals surface area contributed by atoms with E-state index in [0.717, 1.165) is 18.4 Å². The van der Waals surface area contributed by atoms with Crippen LogP contribution >= 0.6 is 23.2 Å². The predicted octanol–water partition coefficient (Wildman–Crippen LogP) is 5.44. The molecule has 132 valence electrons. The van der Waals surface area contributed by atoms with E-state index in [1.165, 1.54) is 12.5 Å². The number of hydrogen-bond acceptors (Lipinski definition) is 2. The number of piperidine rings is 1. The van der Waals surface area contributed by atoms with Crippen LogP contribution in [0.4, 0.5) is 4.39 Å². The number of halogens is 3. The Hall–Kier alpha value is -1.29. The number of ether oxygens (including phenoxy) is 1. The summed E-state index contributed by atoms with van der Waals surface area (Å²) in [4.78, 5) is 0. The zero-order valence-corrected chi connectivity index (χ0v) is 15.2. The normalized spacial score (nSPS) is 28.1. The van der Waals surface area contributed by atoms with Gasteiger partial charge in [0.15, 0.2) is 0 Å². The largest absolute Gasteiger partial charge is 0.492 e. The molecule has 2 aromatic carbocycles. The van der Waals surface area contributed by atoms with Crippen LogP contribution in [0.1, 0.15) is 30.7 Å². The highest BCUT2D eigenvalue weighted by Crippen LogP contribution is 2.42. The minimum Gasteiger partial charge on any atom is -0.492 e. The van der Waals surface area contributed by atoms with Gasteiger partial charge in [0, 0.05) is 18.0 Å². The topological polar surface area (TPSA) is 21.3 Å². The molecule has 25 heavy (non-hydrogen) atoms. The van der Waals surface area contributed by atoms with Crippen LogP contribution in [-0.4, -0.2) is 18.7 Å². The Morgan fingerprint density at radius 2 is 1.96 bits per heavy atom. The monoisotopic (exact) mass is 379 g/mol. The second-order valence-corrected chi connectivity index (χ2v) is 7.76. The quantitative estimate of drug-likeness (QED) is 0.763. The summed E-state index contributed by atoms with van der Waals surface area (Å²) in [5, 5.41) is 4.62. The van der Waals surface area contributed by atoms with E-state index in [1.54, 1.807) is 18.2 Å². The number of nitrogens with one attached hydrogen (secondary N) is 1. The van der Waals surface area contributed by atoms with Crippen LogP contribution in [-0.2, 0) is 0 Å². The highest BCUT2D eigenvalue weighted by atomic mass is 35.5. The Bertz CT molecular complexity index is 769. The van der Waals surface area contributed by atoms with E-state index >= 15 is 0 Å². The maximum Gasteiger partial charge on any atom is 0.139 e. The molecule has 0 amide bonds. The van der Waals surface area contributed by atoms with E-state index in [0.29, 0.717) is 34.5 Å². The second kappa shape index (κ2) is 7.14. The SMILES string of the molecule is Fc1cccc([C@@H]2CC3CCC(N3)[C@H]2COc2cccc(Cl)c2Cl)c1. The lowest BCUT2D eigenvalue weighted by molar-refractivity contribution is 0.159. The molecule has 2 aliphatic rings. The van der Waals surface area contributed by atoms with Crippen LogP contribution in [0.3, 0.4) is 0 Å². The summed E-state index contributed by atoms with van der Waals surface area (Å²) in [6.45, 7) is 0.533. The van der Waals surface area contributed by atoms with Crippen molar-refractivity contribution in [2.45, 2.75) is 37.3 Å². The second-order valence-electron chi connectivity index (χ2n) is 6.97. The van der Waals surface area contributed by atoms with Crippen LogP contribution in [0.15, 0.2) is 42.5 Å². The van der Waals surface area contributed by atoms with Crippen LogP contribution in [0.2, 0.25) is 10.0 Å². The van der Waals surface area contributed by atoms with E-state index in [1.807, 2.05) is 18.2 Å². The maximum absolute atomic E-state index is 13.7. The molecular formula is C20H20Cl2FNO. The van der Waals surface area contributed by atoms with E-state index in [2.05, 4.69) is 5.32 Å². The predicted molar refractivity (Wildman–Crippen MR) is 99.2 cm³/mol. The van der Waals surface area contributed by atoms with Gasteiger partial charge in [-0.2, -0.15) is 0 Å². The molecule has 2 heterocycles. The maximum atomic E-state index is 13.7. The van der Waals surface area contributed by atoms with Crippen molar-refractivity contribution in [3.8, 4) is 5.75 Å². The Morgan fingerprint density at radius 1 is 1.12 bits per heavy atom. The van der Waals surface area contributed by atoms with Crippen molar-refractivity contribution in [1.82, 2.24) is 5.32 Å². The highest BCUT2D eigenvalue weighted by Gasteiger charge is 2.42. The van der Waals surface area contributed by atoms with Crippen molar-refractivity contribution in [1.29, 1.82) is 0 Å². The lowest BCUT2D eigenvalue weighted by Gasteiger charge is -2.38. The van der Waals surface area contributed by atoms with Gasteiger partial charge in [-0.1, -0.05) is 41.4 Å². The molecule has 0 saturated carbocycles. The van der Waals surface area contributed by atoms with Gasteiger partial charge >= 0.3 is 0 Å². The van der Waals surface area contributed by atoms with Gasteiger partial charge in [0.05, 0.1) is 11.6 Å². The first-order chi connectivity index (χ1) is 12.1.